The molecule has 288 valence electrons. The van der Waals surface area contributed by atoms with Crippen molar-refractivity contribution >= 4 is 23.8 Å². The molecule has 10 nitrogen and oxygen atoms in total. The van der Waals surface area contributed by atoms with Gasteiger partial charge in [-0.1, -0.05) is 155 Å². The SMILES string of the molecule is CCCCCCCCCCCCCCOC(=O)CC[C@H](NC(=O)[C@@H](N)CCCN=C(N)N)C(=O)OCCCCCCCCCCCCCC. The second-order valence-electron chi connectivity index (χ2n) is 13.8. The highest BCUT2D eigenvalue weighted by molar-refractivity contribution is 5.87. The summed E-state index contributed by atoms with van der Waals surface area (Å²) in [5.74, 6) is -1.41. The predicted octanol–water partition coefficient (Wildman–Crippen LogP) is 8.12. The number of ether oxygens (including phenoxy) is 2. The summed E-state index contributed by atoms with van der Waals surface area (Å²) in [6, 6.07) is -1.80. The topological polar surface area (TPSA) is 172 Å². The summed E-state index contributed by atoms with van der Waals surface area (Å²) >= 11 is 0. The molecule has 0 heterocycles. The number of carbonyl (C=O) groups excluding carboxylic acids is 3. The van der Waals surface area contributed by atoms with Gasteiger partial charge in [0, 0.05) is 13.0 Å². The Morgan fingerprint density at radius 1 is 0.571 bits per heavy atom. The van der Waals surface area contributed by atoms with Gasteiger partial charge in [-0.15, -0.1) is 0 Å². The average molecular weight is 696 g/mol. The fourth-order valence-electron chi connectivity index (χ4n) is 5.86. The van der Waals surface area contributed by atoms with Crippen molar-refractivity contribution in [3.8, 4) is 0 Å². The van der Waals surface area contributed by atoms with Crippen LogP contribution in [0.15, 0.2) is 4.99 Å². The second-order valence-corrected chi connectivity index (χ2v) is 13.8. The smallest absolute Gasteiger partial charge is 0.328 e. The van der Waals surface area contributed by atoms with Crippen LogP contribution < -0.4 is 22.5 Å². The number of guanidine groups is 1. The fourth-order valence-corrected chi connectivity index (χ4v) is 5.86. The maximum atomic E-state index is 13.0. The van der Waals surface area contributed by atoms with E-state index in [1.165, 1.54) is 116 Å². The lowest BCUT2D eigenvalue weighted by molar-refractivity contribution is -0.149. The van der Waals surface area contributed by atoms with Crippen molar-refractivity contribution in [3.63, 3.8) is 0 Å². The molecule has 0 rings (SSSR count). The molecule has 49 heavy (non-hydrogen) atoms. The molecule has 7 N–H and O–H groups in total. The van der Waals surface area contributed by atoms with Crippen molar-refractivity contribution in [3.05, 3.63) is 0 Å². The minimum Gasteiger partial charge on any atom is -0.466 e. The second kappa shape index (κ2) is 35.5. The molecule has 0 aliphatic carbocycles. The summed E-state index contributed by atoms with van der Waals surface area (Å²) in [6.45, 7) is 5.51. The Morgan fingerprint density at radius 3 is 1.41 bits per heavy atom. The summed E-state index contributed by atoms with van der Waals surface area (Å²) in [5, 5.41) is 2.70. The zero-order valence-electron chi connectivity index (χ0n) is 31.8. The Bertz CT molecular complexity index is 822. The van der Waals surface area contributed by atoms with Gasteiger partial charge in [-0.05, 0) is 32.1 Å². The molecule has 0 spiro atoms. The van der Waals surface area contributed by atoms with E-state index in [-0.39, 0.29) is 31.4 Å². The molecule has 0 bridgehead atoms. The first kappa shape index (κ1) is 46.6. The van der Waals surface area contributed by atoms with Gasteiger partial charge in [0.15, 0.2) is 5.96 Å². The lowest BCUT2D eigenvalue weighted by Gasteiger charge is -2.20. The Labute approximate surface area is 300 Å². The van der Waals surface area contributed by atoms with E-state index in [1.807, 2.05) is 0 Å². The van der Waals surface area contributed by atoms with E-state index in [4.69, 9.17) is 26.7 Å². The van der Waals surface area contributed by atoms with Gasteiger partial charge < -0.3 is 32.0 Å². The number of aliphatic imine (C=N–C) groups is 1. The third-order valence-corrected chi connectivity index (χ3v) is 9.05. The average Bonchev–Trinajstić information content (AvgIpc) is 3.08. The van der Waals surface area contributed by atoms with E-state index in [2.05, 4.69) is 24.2 Å². The molecule has 0 aliphatic rings. The van der Waals surface area contributed by atoms with Crippen molar-refractivity contribution in [1.82, 2.24) is 5.32 Å². The van der Waals surface area contributed by atoms with Crippen LogP contribution in [-0.4, -0.2) is 55.6 Å². The zero-order valence-corrected chi connectivity index (χ0v) is 31.8. The number of hydrogen-bond donors (Lipinski definition) is 4. The number of rotatable bonds is 36. The molecular weight excluding hydrogens is 618 g/mol. The van der Waals surface area contributed by atoms with Gasteiger partial charge in [0.25, 0.3) is 0 Å². The summed E-state index contributed by atoms with van der Waals surface area (Å²) in [7, 11) is 0. The lowest BCUT2D eigenvalue weighted by atomic mass is 10.1. The lowest BCUT2D eigenvalue weighted by Crippen LogP contribution is -2.49. The van der Waals surface area contributed by atoms with Crippen molar-refractivity contribution < 1.29 is 23.9 Å². The van der Waals surface area contributed by atoms with Gasteiger partial charge in [0.2, 0.25) is 5.91 Å². The van der Waals surface area contributed by atoms with Crippen LogP contribution in [0.4, 0.5) is 0 Å². The first-order valence-corrected chi connectivity index (χ1v) is 20.2. The Morgan fingerprint density at radius 2 is 0.980 bits per heavy atom. The number of nitrogens with two attached hydrogens (primary N) is 3. The van der Waals surface area contributed by atoms with Gasteiger partial charge in [-0.25, -0.2) is 4.79 Å². The minimum atomic E-state index is -0.965. The van der Waals surface area contributed by atoms with Gasteiger partial charge >= 0.3 is 11.9 Å². The number of hydrogen-bond acceptors (Lipinski definition) is 7. The summed E-state index contributed by atoms with van der Waals surface area (Å²) in [5.41, 5.74) is 16.8. The van der Waals surface area contributed by atoms with E-state index in [1.54, 1.807) is 0 Å². The van der Waals surface area contributed by atoms with Gasteiger partial charge in [0.05, 0.1) is 19.3 Å². The minimum absolute atomic E-state index is 0.0106. The van der Waals surface area contributed by atoms with E-state index in [9.17, 15) is 14.4 Å². The molecule has 1 amide bonds. The quantitative estimate of drug-likeness (QED) is 0.0220. The van der Waals surface area contributed by atoms with Crippen LogP contribution in [0, 0.1) is 0 Å². The number of carbonyl (C=O) groups is 3. The molecule has 0 radical (unpaired) electrons. The standard InChI is InChI=1S/C39H77N5O5/c1-3-5-7-9-11-13-15-17-19-21-23-25-32-48-36(45)30-29-35(44-37(46)34(40)28-27-31-43-39(41)42)38(47)49-33-26-24-22-20-18-16-14-12-10-8-6-4-2/h34-35H,3-33,40H2,1-2H3,(H,44,46)(H4,41,42,43)/t34-,35-/m0/s1. The van der Waals surface area contributed by atoms with Crippen LogP contribution >= 0.6 is 0 Å². The highest BCUT2D eigenvalue weighted by atomic mass is 16.5. The molecule has 10 heteroatoms. The van der Waals surface area contributed by atoms with Crippen LogP contribution in [0.1, 0.15) is 194 Å². The largest absolute Gasteiger partial charge is 0.466 e. The number of amides is 1. The Kier molecular flexibility index (Phi) is 33.8. The molecule has 0 aliphatic heterocycles. The van der Waals surface area contributed by atoms with Crippen LogP contribution in [0.25, 0.3) is 0 Å². The van der Waals surface area contributed by atoms with Crippen LogP contribution in [0.5, 0.6) is 0 Å². The van der Waals surface area contributed by atoms with Crippen molar-refractivity contribution in [1.29, 1.82) is 0 Å². The highest BCUT2D eigenvalue weighted by Crippen LogP contribution is 2.14. The number of nitrogens with zero attached hydrogens (tertiary/aromatic N) is 1. The normalized spacial score (nSPS) is 12.3. The molecule has 0 aromatic rings. The van der Waals surface area contributed by atoms with Gasteiger partial charge in [-0.3, -0.25) is 14.6 Å². The van der Waals surface area contributed by atoms with Crippen molar-refractivity contribution in [2.45, 2.75) is 206 Å². The molecule has 0 saturated carbocycles. The monoisotopic (exact) mass is 696 g/mol. The van der Waals surface area contributed by atoms with E-state index >= 15 is 0 Å². The maximum absolute atomic E-state index is 13.0. The first-order chi connectivity index (χ1) is 23.8. The van der Waals surface area contributed by atoms with Gasteiger partial charge in [-0.2, -0.15) is 0 Å². The maximum Gasteiger partial charge on any atom is 0.328 e. The Balaban J connectivity index is 4.39. The number of nitrogens with one attached hydrogen (secondary N) is 1. The van der Waals surface area contributed by atoms with Gasteiger partial charge in [0.1, 0.15) is 6.04 Å². The Hall–Kier alpha value is -2.36. The summed E-state index contributed by atoms with van der Waals surface area (Å²) in [4.78, 5) is 42.1. The predicted molar refractivity (Wildman–Crippen MR) is 203 cm³/mol. The summed E-state index contributed by atoms with van der Waals surface area (Å²) in [6.07, 6.45) is 30.5. The van der Waals surface area contributed by atoms with E-state index < -0.39 is 24.0 Å². The molecule has 2 atom stereocenters. The van der Waals surface area contributed by atoms with Crippen molar-refractivity contribution in [2.24, 2.45) is 22.2 Å². The molecule has 0 saturated heterocycles. The molecular formula is C39H77N5O5. The number of esters is 2. The van der Waals surface area contributed by atoms with E-state index in [0.29, 0.717) is 26.0 Å². The zero-order chi connectivity index (χ0) is 36.2. The van der Waals surface area contributed by atoms with Crippen LogP contribution in [-0.2, 0) is 23.9 Å². The molecule has 0 aromatic carbocycles. The third kappa shape index (κ3) is 32.6. The molecule has 0 aromatic heterocycles. The van der Waals surface area contributed by atoms with Crippen LogP contribution in [0.3, 0.4) is 0 Å². The first-order valence-electron chi connectivity index (χ1n) is 20.2. The third-order valence-electron chi connectivity index (χ3n) is 9.05. The number of unbranched alkanes of at least 4 members (excludes halogenated alkanes) is 22. The summed E-state index contributed by atoms with van der Waals surface area (Å²) < 4.78 is 10.9. The van der Waals surface area contributed by atoms with E-state index in [0.717, 1.165) is 38.5 Å². The van der Waals surface area contributed by atoms with Crippen LogP contribution in [0.2, 0.25) is 0 Å². The fraction of sp³-hybridized carbons (Fsp3) is 0.897. The molecule has 0 fully saturated rings. The van der Waals surface area contributed by atoms with Crippen molar-refractivity contribution in [2.75, 3.05) is 19.8 Å². The highest BCUT2D eigenvalue weighted by Gasteiger charge is 2.26. The molecule has 0 unspecified atom stereocenters.